The highest BCUT2D eigenvalue weighted by Crippen LogP contribution is 2.40. The summed E-state index contributed by atoms with van der Waals surface area (Å²) >= 11 is 0. The molecule has 0 aliphatic heterocycles. The van der Waals surface area contributed by atoms with Gasteiger partial charge in [0.15, 0.2) is 0 Å². The average molecular weight is 320 g/mol. The molecule has 0 aromatic heterocycles. The van der Waals surface area contributed by atoms with Gasteiger partial charge in [-0.25, -0.2) is 0 Å². The Morgan fingerprint density at radius 2 is 1.59 bits per heavy atom. The number of hydrogen-bond acceptors (Lipinski definition) is 2. The van der Waals surface area contributed by atoms with Gasteiger partial charge in [0.25, 0.3) is 0 Å². The fourth-order valence-corrected chi connectivity index (χ4v) is 3.09. The molecule has 0 heterocycles. The van der Waals surface area contributed by atoms with Crippen LogP contribution in [0.25, 0.3) is 0 Å². The molecule has 2 aromatic rings. The Balaban J connectivity index is 2.26. The van der Waals surface area contributed by atoms with Crippen LogP contribution in [-0.4, -0.2) is 16.9 Å². The molecule has 0 fully saturated rings. The Bertz CT molecular complexity index is 674. The van der Waals surface area contributed by atoms with E-state index in [1.165, 1.54) is 5.56 Å². The molecule has 0 saturated carbocycles. The van der Waals surface area contributed by atoms with E-state index in [0.717, 1.165) is 23.3 Å². The summed E-state index contributed by atoms with van der Waals surface area (Å²) in [4.78, 5) is 18.2. The molecular weight excluding hydrogens is 299 g/mol. The Kier molecular flexibility index (Phi) is 5.41. The molecule has 0 amide bonds. The van der Waals surface area contributed by atoms with E-state index in [9.17, 15) is 4.57 Å². The van der Waals surface area contributed by atoms with Crippen LogP contribution < -0.4 is 4.74 Å². The van der Waals surface area contributed by atoms with Gasteiger partial charge >= 0.3 is 7.60 Å². The van der Waals surface area contributed by atoms with Crippen LogP contribution >= 0.6 is 7.60 Å². The predicted octanol–water partition coefficient (Wildman–Crippen LogP) is 3.53. The number of rotatable bonds is 6. The summed E-state index contributed by atoms with van der Waals surface area (Å²) in [7, 11) is -2.47. The topological polar surface area (TPSA) is 66.8 Å². The monoisotopic (exact) mass is 320 g/mol. The SMILES string of the molecule is CCc1ccc(Cc2cc(CP(=O)(O)O)ccc2OC)cc1. The quantitative estimate of drug-likeness (QED) is 0.799. The summed E-state index contributed by atoms with van der Waals surface area (Å²) in [5.74, 6) is 0.731. The summed E-state index contributed by atoms with van der Waals surface area (Å²) in [6.07, 6.45) is 1.42. The Labute approximate surface area is 130 Å². The number of hydrogen-bond donors (Lipinski definition) is 2. The zero-order valence-electron chi connectivity index (χ0n) is 12.8. The first kappa shape index (κ1) is 16.8. The second-order valence-electron chi connectivity index (χ2n) is 5.32. The maximum atomic E-state index is 11.2. The molecule has 2 N–H and O–H groups in total. The Hall–Kier alpha value is -1.61. The number of ether oxygens (including phenoxy) is 1. The molecule has 0 unspecified atom stereocenters. The van der Waals surface area contributed by atoms with Crippen molar-refractivity contribution in [1.82, 2.24) is 0 Å². The van der Waals surface area contributed by atoms with Crippen LogP contribution in [0.4, 0.5) is 0 Å². The molecule has 0 spiro atoms. The van der Waals surface area contributed by atoms with E-state index in [4.69, 9.17) is 14.5 Å². The van der Waals surface area contributed by atoms with Crippen molar-refractivity contribution in [2.75, 3.05) is 7.11 Å². The van der Waals surface area contributed by atoms with Crippen molar-refractivity contribution in [2.45, 2.75) is 25.9 Å². The van der Waals surface area contributed by atoms with Crippen LogP contribution in [-0.2, 0) is 23.6 Å². The molecule has 0 saturated heterocycles. The summed E-state index contributed by atoms with van der Waals surface area (Å²) in [6.45, 7) is 2.11. The maximum Gasteiger partial charge on any atom is 0.329 e. The predicted molar refractivity (Wildman–Crippen MR) is 87.4 cm³/mol. The first-order chi connectivity index (χ1) is 10.4. The zero-order chi connectivity index (χ0) is 16.2. The standard InChI is InChI=1S/C17H21O4P/c1-3-13-4-6-14(7-5-13)10-16-11-15(12-22(18,19)20)8-9-17(16)21-2/h4-9,11H,3,10,12H2,1-2H3,(H2,18,19,20). The molecule has 118 valence electrons. The lowest BCUT2D eigenvalue weighted by Gasteiger charge is -2.12. The number of aryl methyl sites for hydroxylation is 1. The minimum Gasteiger partial charge on any atom is -0.496 e. The number of methoxy groups -OCH3 is 1. The third-order valence-corrected chi connectivity index (χ3v) is 4.34. The van der Waals surface area contributed by atoms with Crippen molar-refractivity contribution >= 4 is 7.60 Å². The second-order valence-corrected chi connectivity index (χ2v) is 6.96. The third kappa shape index (κ3) is 4.70. The van der Waals surface area contributed by atoms with Crippen molar-refractivity contribution in [3.8, 4) is 5.75 Å². The van der Waals surface area contributed by atoms with Gasteiger partial charge < -0.3 is 14.5 Å². The van der Waals surface area contributed by atoms with Crippen LogP contribution in [0.2, 0.25) is 0 Å². The minimum absolute atomic E-state index is 0.251. The largest absolute Gasteiger partial charge is 0.496 e. The zero-order valence-corrected chi connectivity index (χ0v) is 13.7. The van der Waals surface area contributed by atoms with Crippen LogP contribution in [0.5, 0.6) is 5.75 Å². The lowest BCUT2D eigenvalue weighted by molar-refractivity contribution is 0.371. The summed E-state index contributed by atoms with van der Waals surface area (Å²) in [6, 6.07) is 13.6. The lowest BCUT2D eigenvalue weighted by Crippen LogP contribution is -1.97. The van der Waals surface area contributed by atoms with E-state index < -0.39 is 7.60 Å². The van der Waals surface area contributed by atoms with Crippen LogP contribution in [0.15, 0.2) is 42.5 Å². The molecule has 0 aliphatic rings. The van der Waals surface area contributed by atoms with E-state index in [-0.39, 0.29) is 6.16 Å². The van der Waals surface area contributed by atoms with Gasteiger partial charge in [-0.3, -0.25) is 4.57 Å². The van der Waals surface area contributed by atoms with Crippen LogP contribution in [0, 0.1) is 0 Å². The van der Waals surface area contributed by atoms with Gasteiger partial charge in [-0.1, -0.05) is 43.3 Å². The van der Waals surface area contributed by atoms with E-state index in [0.29, 0.717) is 12.0 Å². The van der Waals surface area contributed by atoms with Crippen LogP contribution in [0.1, 0.15) is 29.2 Å². The van der Waals surface area contributed by atoms with Gasteiger partial charge in [-0.15, -0.1) is 0 Å². The van der Waals surface area contributed by atoms with Crippen molar-refractivity contribution in [1.29, 1.82) is 0 Å². The summed E-state index contributed by atoms with van der Waals surface area (Å²) < 4.78 is 16.5. The van der Waals surface area contributed by atoms with Crippen molar-refractivity contribution in [2.24, 2.45) is 0 Å². The second kappa shape index (κ2) is 7.10. The highest BCUT2D eigenvalue weighted by atomic mass is 31.2. The molecule has 0 atom stereocenters. The van der Waals surface area contributed by atoms with Gasteiger partial charge in [0.1, 0.15) is 5.75 Å². The van der Waals surface area contributed by atoms with Crippen molar-refractivity contribution in [3.05, 3.63) is 64.7 Å². The molecule has 0 bridgehead atoms. The fraction of sp³-hybridized carbons (Fsp3) is 0.294. The molecule has 5 heteroatoms. The first-order valence-electron chi connectivity index (χ1n) is 7.19. The van der Waals surface area contributed by atoms with Crippen LogP contribution in [0.3, 0.4) is 0 Å². The van der Waals surface area contributed by atoms with E-state index in [1.54, 1.807) is 19.2 Å². The number of benzene rings is 2. The normalized spacial score (nSPS) is 11.5. The Morgan fingerprint density at radius 1 is 1.00 bits per heavy atom. The van der Waals surface area contributed by atoms with Crippen molar-refractivity contribution < 1.29 is 19.1 Å². The molecular formula is C17H21O4P. The minimum atomic E-state index is -4.06. The first-order valence-corrected chi connectivity index (χ1v) is 8.99. The van der Waals surface area contributed by atoms with E-state index in [2.05, 4.69) is 31.2 Å². The maximum absolute atomic E-state index is 11.2. The average Bonchev–Trinajstić information content (AvgIpc) is 2.47. The molecule has 22 heavy (non-hydrogen) atoms. The molecule has 2 rings (SSSR count). The van der Waals surface area contributed by atoms with Gasteiger partial charge in [-0.05, 0) is 34.7 Å². The molecule has 0 aliphatic carbocycles. The highest BCUT2D eigenvalue weighted by molar-refractivity contribution is 7.50. The smallest absolute Gasteiger partial charge is 0.329 e. The molecule has 2 aromatic carbocycles. The van der Waals surface area contributed by atoms with Gasteiger partial charge in [0, 0.05) is 6.42 Å². The highest BCUT2D eigenvalue weighted by Gasteiger charge is 2.15. The van der Waals surface area contributed by atoms with Gasteiger partial charge in [-0.2, -0.15) is 0 Å². The van der Waals surface area contributed by atoms with Gasteiger partial charge in [0.05, 0.1) is 13.3 Å². The summed E-state index contributed by atoms with van der Waals surface area (Å²) in [5.41, 5.74) is 3.97. The van der Waals surface area contributed by atoms with Crippen molar-refractivity contribution in [3.63, 3.8) is 0 Å². The third-order valence-electron chi connectivity index (χ3n) is 3.56. The summed E-state index contributed by atoms with van der Waals surface area (Å²) in [5, 5.41) is 0. The Morgan fingerprint density at radius 3 is 2.14 bits per heavy atom. The van der Waals surface area contributed by atoms with E-state index >= 15 is 0 Å². The molecule has 4 nitrogen and oxygen atoms in total. The lowest BCUT2D eigenvalue weighted by atomic mass is 10.0. The van der Waals surface area contributed by atoms with E-state index in [1.807, 2.05) is 6.07 Å². The molecule has 0 radical (unpaired) electrons. The fourth-order valence-electron chi connectivity index (χ4n) is 2.42. The van der Waals surface area contributed by atoms with Gasteiger partial charge in [0.2, 0.25) is 0 Å².